The summed E-state index contributed by atoms with van der Waals surface area (Å²) in [4.78, 5) is 12.1. The first-order valence-electron chi connectivity index (χ1n) is 8.38. The van der Waals surface area contributed by atoms with Crippen LogP contribution in [0.5, 0.6) is 0 Å². The number of halogens is 4. The van der Waals surface area contributed by atoms with Gasteiger partial charge < -0.3 is 10.1 Å². The van der Waals surface area contributed by atoms with Crippen LogP contribution in [0.1, 0.15) is 30.0 Å². The second-order valence-corrected chi connectivity index (χ2v) is 6.85. The zero-order valence-electron chi connectivity index (χ0n) is 15.1. The van der Waals surface area contributed by atoms with Crippen LogP contribution < -0.4 is 5.32 Å². The highest BCUT2D eigenvalue weighted by atomic mass is 35.5. The van der Waals surface area contributed by atoms with Crippen molar-refractivity contribution in [3.05, 3.63) is 70.2 Å². The average Bonchev–Trinajstić information content (AvgIpc) is 2.64. The summed E-state index contributed by atoms with van der Waals surface area (Å²) in [7, 11) is 1.55. The fourth-order valence-corrected chi connectivity index (χ4v) is 2.77. The maximum absolute atomic E-state index is 12.6. The third-order valence-electron chi connectivity index (χ3n) is 4.43. The molecule has 0 aliphatic heterocycles. The van der Waals surface area contributed by atoms with Crippen LogP contribution in [0.15, 0.2) is 48.5 Å². The molecule has 0 aromatic heterocycles. The summed E-state index contributed by atoms with van der Waals surface area (Å²) in [5, 5.41) is 3.38. The van der Waals surface area contributed by atoms with E-state index in [1.807, 2.05) is 13.0 Å². The molecule has 0 spiro atoms. The van der Waals surface area contributed by atoms with E-state index in [0.717, 1.165) is 17.7 Å². The topological polar surface area (TPSA) is 38.3 Å². The highest BCUT2D eigenvalue weighted by Crippen LogP contribution is 2.29. The number of benzene rings is 2. The quantitative estimate of drug-likeness (QED) is 0.713. The predicted octanol–water partition coefficient (Wildman–Crippen LogP) is 4.97. The molecule has 0 heterocycles. The molecule has 7 heteroatoms. The van der Waals surface area contributed by atoms with Gasteiger partial charge in [0.1, 0.15) is 5.60 Å². The van der Waals surface area contributed by atoms with Gasteiger partial charge in [-0.3, -0.25) is 4.79 Å². The van der Waals surface area contributed by atoms with Crippen LogP contribution in [0.25, 0.3) is 0 Å². The van der Waals surface area contributed by atoms with Crippen molar-refractivity contribution in [3.8, 4) is 0 Å². The van der Waals surface area contributed by atoms with Gasteiger partial charge >= 0.3 is 6.18 Å². The maximum atomic E-state index is 12.6. The third-order valence-corrected chi connectivity index (χ3v) is 4.67. The number of hydrogen-bond donors (Lipinski definition) is 1. The largest absolute Gasteiger partial charge is 0.416 e. The molecule has 146 valence electrons. The molecule has 0 fully saturated rings. The van der Waals surface area contributed by atoms with Crippen LogP contribution in [0.2, 0.25) is 5.02 Å². The Morgan fingerprint density at radius 2 is 1.78 bits per heavy atom. The molecule has 2 aromatic carbocycles. The van der Waals surface area contributed by atoms with Crippen LogP contribution >= 0.6 is 11.6 Å². The van der Waals surface area contributed by atoms with E-state index in [0.29, 0.717) is 17.0 Å². The second kappa shape index (κ2) is 8.76. The SMILES string of the molecule is COC(C)(CNC(=O)CCc1ccc(C(F)(F)F)cc1)c1cccc(Cl)c1. The zero-order valence-corrected chi connectivity index (χ0v) is 15.8. The summed E-state index contributed by atoms with van der Waals surface area (Å²) in [6.07, 6.45) is -3.84. The van der Waals surface area contributed by atoms with Crippen molar-refractivity contribution in [2.45, 2.75) is 31.5 Å². The van der Waals surface area contributed by atoms with Crippen molar-refractivity contribution in [1.29, 1.82) is 0 Å². The number of hydrogen-bond acceptors (Lipinski definition) is 2. The van der Waals surface area contributed by atoms with E-state index in [2.05, 4.69) is 5.32 Å². The standard InChI is InChI=1S/C20H21ClF3NO2/c1-19(27-2,16-4-3-5-17(21)12-16)13-25-18(26)11-8-14-6-9-15(10-7-14)20(22,23)24/h3-7,9-10,12H,8,11,13H2,1-2H3,(H,25,26). The molecule has 0 aliphatic rings. The number of methoxy groups -OCH3 is 1. The Kier molecular flexibility index (Phi) is 6.89. The van der Waals surface area contributed by atoms with Gasteiger partial charge in [-0.1, -0.05) is 35.9 Å². The highest BCUT2D eigenvalue weighted by Gasteiger charge is 2.30. The Morgan fingerprint density at radius 1 is 1.11 bits per heavy atom. The smallest absolute Gasteiger partial charge is 0.372 e. The molecule has 0 aliphatic carbocycles. The van der Waals surface area contributed by atoms with Gasteiger partial charge in [0.2, 0.25) is 5.91 Å². The lowest BCUT2D eigenvalue weighted by Gasteiger charge is -2.29. The first-order valence-corrected chi connectivity index (χ1v) is 8.76. The number of alkyl halides is 3. The Hall–Kier alpha value is -2.05. The van der Waals surface area contributed by atoms with Gasteiger partial charge in [-0.05, 0) is 48.7 Å². The fraction of sp³-hybridized carbons (Fsp3) is 0.350. The third kappa shape index (κ3) is 5.97. The van der Waals surface area contributed by atoms with Gasteiger partial charge in [0, 0.05) is 18.6 Å². The minimum Gasteiger partial charge on any atom is -0.372 e. The first kappa shape index (κ1) is 21.3. The van der Waals surface area contributed by atoms with Gasteiger partial charge in [-0.2, -0.15) is 13.2 Å². The molecule has 0 saturated carbocycles. The van der Waals surface area contributed by atoms with E-state index < -0.39 is 17.3 Å². The van der Waals surface area contributed by atoms with Crippen molar-refractivity contribution in [1.82, 2.24) is 5.32 Å². The van der Waals surface area contributed by atoms with Crippen LogP contribution in [0.4, 0.5) is 13.2 Å². The molecule has 0 saturated heterocycles. The van der Waals surface area contributed by atoms with E-state index >= 15 is 0 Å². The lowest BCUT2D eigenvalue weighted by atomic mass is 9.95. The molecular weight excluding hydrogens is 379 g/mol. The maximum Gasteiger partial charge on any atom is 0.416 e. The number of carbonyl (C=O) groups excluding carboxylic acids is 1. The van der Waals surface area contributed by atoms with E-state index in [1.54, 1.807) is 25.3 Å². The molecule has 2 aromatic rings. The summed E-state index contributed by atoms with van der Waals surface area (Å²) in [6.45, 7) is 2.09. The molecule has 3 nitrogen and oxygen atoms in total. The Morgan fingerprint density at radius 3 is 2.33 bits per heavy atom. The second-order valence-electron chi connectivity index (χ2n) is 6.42. The lowest BCUT2D eigenvalue weighted by Crippen LogP contribution is -2.40. The Balaban J connectivity index is 1.90. The number of ether oxygens (including phenoxy) is 1. The van der Waals surface area contributed by atoms with Crippen molar-refractivity contribution in [2.24, 2.45) is 0 Å². The zero-order chi connectivity index (χ0) is 20.1. The Labute approximate surface area is 161 Å². The van der Waals surface area contributed by atoms with E-state index in [1.165, 1.54) is 12.1 Å². The van der Waals surface area contributed by atoms with Gasteiger partial charge in [-0.25, -0.2) is 0 Å². The van der Waals surface area contributed by atoms with Crippen molar-refractivity contribution < 1.29 is 22.7 Å². The van der Waals surface area contributed by atoms with Gasteiger partial charge in [-0.15, -0.1) is 0 Å². The van der Waals surface area contributed by atoms with E-state index in [-0.39, 0.29) is 18.9 Å². The number of amides is 1. The van der Waals surface area contributed by atoms with Crippen LogP contribution in [-0.2, 0) is 27.7 Å². The fourth-order valence-electron chi connectivity index (χ4n) is 2.58. The number of rotatable bonds is 7. The van der Waals surface area contributed by atoms with Gasteiger partial charge in [0.05, 0.1) is 12.1 Å². The van der Waals surface area contributed by atoms with Gasteiger partial charge in [0.15, 0.2) is 0 Å². The van der Waals surface area contributed by atoms with Crippen molar-refractivity contribution >= 4 is 17.5 Å². The van der Waals surface area contributed by atoms with Crippen molar-refractivity contribution in [2.75, 3.05) is 13.7 Å². The average molecular weight is 400 g/mol. The predicted molar refractivity (Wildman–Crippen MR) is 98.6 cm³/mol. The summed E-state index contributed by atoms with van der Waals surface area (Å²) in [5.41, 5.74) is 0.0608. The highest BCUT2D eigenvalue weighted by molar-refractivity contribution is 6.30. The van der Waals surface area contributed by atoms with E-state index in [4.69, 9.17) is 16.3 Å². The number of nitrogens with one attached hydrogen (secondary N) is 1. The molecule has 1 unspecified atom stereocenters. The van der Waals surface area contributed by atoms with Gasteiger partial charge in [0.25, 0.3) is 0 Å². The molecule has 1 amide bonds. The normalized spacial score (nSPS) is 13.9. The summed E-state index contributed by atoms with van der Waals surface area (Å²) >= 11 is 6.01. The monoisotopic (exact) mass is 399 g/mol. The van der Waals surface area contributed by atoms with Crippen LogP contribution in [-0.4, -0.2) is 19.6 Å². The molecule has 0 radical (unpaired) electrons. The summed E-state index contributed by atoms with van der Waals surface area (Å²) < 4.78 is 43.2. The number of aryl methyl sites for hydroxylation is 1. The molecule has 1 atom stereocenters. The minimum absolute atomic E-state index is 0.167. The van der Waals surface area contributed by atoms with Crippen molar-refractivity contribution in [3.63, 3.8) is 0 Å². The lowest BCUT2D eigenvalue weighted by molar-refractivity contribution is -0.137. The van der Waals surface area contributed by atoms with Crippen LogP contribution in [0, 0.1) is 0 Å². The van der Waals surface area contributed by atoms with E-state index in [9.17, 15) is 18.0 Å². The first-order chi connectivity index (χ1) is 12.6. The molecular formula is C20H21ClF3NO2. The molecule has 27 heavy (non-hydrogen) atoms. The van der Waals surface area contributed by atoms with Crippen LogP contribution in [0.3, 0.4) is 0 Å². The molecule has 1 N–H and O–H groups in total. The minimum atomic E-state index is -4.36. The molecule has 2 rings (SSSR count). The summed E-state index contributed by atoms with van der Waals surface area (Å²) in [6, 6.07) is 12.0. The molecule has 0 bridgehead atoms. The Bertz CT molecular complexity index is 778. The number of carbonyl (C=O) groups is 1. The summed E-state index contributed by atoms with van der Waals surface area (Å²) in [5.74, 6) is -0.208.